The van der Waals surface area contributed by atoms with E-state index in [4.69, 9.17) is 0 Å². The second-order valence-corrected chi connectivity index (χ2v) is 5.65. The van der Waals surface area contributed by atoms with Crippen molar-refractivity contribution in [1.82, 2.24) is 20.3 Å². The average Bonchev–Trinajstić information content (AvgIpc) is 3.20. The summed E-state index contributed by atoms with van der Waals surface area (Å²) < 4.78 is 0. The lowest BCUT2D eigenvalue weighted by atomic mass is 10.1. The maximum Gasteiger partial charge on any atom is 0.251 e. The summed E-state index contributed by atoms with van der Waals surface area (Å²) in [5.74, 6) is -0.0713. The number of hydrogen-bond acceptors (Lipinski definition) is 4. The molecule has 0 spiro atoms. The Balaban J connectivity index is 1.57. The second kappa shape index (κ2) is 6.53. The largest absolute Gasteiger partial charge is 0.352 e. The van der Waals surface area contributed by atoms with Gasteiger partial charge in [0.1, 0.15) is 0 Å². The third kappa shape index (κ3) is 3.23. The first kappa shape index (κ1) is 14.5. The zero-order chi connectivity index (χ0) is 15.4. The summed E-state index contributed by atoms with van der Waals surface area (Å²) in [7, 11) is 0. The molecule has 0 bridgehead atoms. The lowest BCUT2D eigenvalue weighted by Gasteiger charge is -2.05. The standard InChI is InChI=1S/C16H16N4OS/c1-11-14(19-9-18-11)6-7-17-16(21)13-4-2-12(3-5-13)15-8-22-10-20-15/h2-5,8-10H,6-7H2,1H3,(H,17,21)(H,18,19). The Morgan fingerprint density at radius 2 is 2.09 bits per heavy atom. The molecule has 0 atom stereocenters. The van der Waals surface area contributed by atoms with E-state index in [1.54, 1.807) is 23.2 Å². The Morgan fingerprint density at radius 1 is 1.27 bits per heavy atom. The van der Waals surface area contributed by atoms with E-state index >= 15 is 0 Å². The van der Waals surface area contributed by atoms with Gasteiger partial charge < -0.3 is 10.3 Å². The van der Waals surface area contributed by atoms with E-state index in [0.29, 0.717) is 12.1 Å². The van der Waals surface area contributed by atoms with Crippen molar-refractivity contribution >= 4 is 17.2 Å². The van der Waals surface area contributed by atoms with Gasteiger partial charge in [0.25, 0.3) is 5.91 Å². The van der Waals surface area contributed by atoms with Gasteiger partial charge in [-0.15, -0.1) is 11.3 Å². The van der Waals surface area contributed by atoms with E-state index in [1.807, 2.05) is 36.6 Å². The summed E-state index contributed by atoms with van der Waals surface area (Å²) in [5.41, 5.74) is 6.43. The molecule has 2 N–H and O–H groups in total. The molecule has 3 aromatic rings. The highest BCUT2D eigenvalue weighted by Gasteiger charge is 2.07. The van der Waals surface area contributed by atoms with Crippen LogP contribution in [0.4, 0.5) is 0 Å². The van der Waals surface area contributed by atoms with E-state index in [2.05, 4.69) is 20.3 Å². The maximum absolute atomic E-state index is 12.1. The predicted octanol–water partition coefficient (Wildman–Crippen LogP) is 2.81. The number of aromatic amines is 1. The number of nitrogens with one attached hydrogen (secondary N) is 2. The molecule has 6 heteroatoms. The fourth-order valence-corrected chi connectivity index (χ4v) is 2.74. The molecule has 0 saturated heterocycles. The summed E-state index contributed by atoms with van der Waals surface area (Å²) in [5, 5.41) is 4.90. The highest BCUT2D eigenvalue weighted by Crippen LogP contribution is 2.19. The number of benzene rings is 1. The van der Waals surface area contributed by atoms with Gasteiger partial charge in [-0.3, -0.25) is 4.79 Å². The Bertz CT molecular complexity index is 747. The molecule has 0 aliphatic heterocycles. The molecular formula is C16H16N4OS. The fourth-order valence-electron chi connectivity index (χ4n) is 2.18. The van der Waals surface area contributed by atoms with Crippen LogP contribution in [0.1, 0.15) is 21.7 Å². The summed E-state index contributed by atoms with van der Waals surface area (Å²) in [4.78, 5) is 23.6. The van der Waals surface area contributed by atoms with Gasteiger partial charge in [-0.2, -0.15) is 0 Å². The number of H-pyrrole nitrogens is 1. The quantitative estimate of drug-likeness (QED) is 0.761. The monoisotopic (exact) mass is 312 g/mol. The third-order valence-corrected chi connectivity index (χ3v) is 4.04. The van der Waals surface area contributed by atoms with Gasteiger partial charge in [0.15, 0.2) is 0 Å². The SMILES string of the molecule is Cc1[nH]cnc1CCNC(=O)c1ccc(-c2cscn2)cc1. The van der Waals surface area contributed by atoms with Gasteiger partial charge in [-0.1, -0.05) is 12.1 Å². The van der Waals surface area contributed by atoms with Crippen LogP contribution in [0.3, 0.4) is 0 Å². The molecule has 22 heavy (non-hydrogen) atoms. The van der Waals surface area contributed by atoms with Crippen LogP contribution in [0.15, 0.2) is 41.5 Å². The van der Waals surface area contributed by atoms with Crippen molar-refractivity contribution in [2.24, 2.45) is 0 Å². The molecule has 0 saturated carbocycles. The number of hydrogen-bond donors (Lipinski definition) is 2. The number of carbonyl (C=O) groups is 1. The first-order chi connectivity index (χ1) is 10.7. The highest BCUT2D eigenvalue weighted by atomic mass is 32.1. The van der Waals surface area contributed by atoms with E-state index in [1.165, 1.54) is 0 Å². The van der Waals surface area contributed by atoms with Crippen LogP contribution in [-0.2, 0) is 6.42 Å². The molecular weight excluding hydrogens is 296 g/mol. The number of nitrogens with zero attached hydrogens (tertiary/aromatic N) is 2. The van der Waals surface area contributed by atoms with Gasteiger partial charge in [-0.05, 0) is 19.1 Å². The minimum absolute atomic E-state index is 0.0713. The number of thiazole rings is 1. The number of carbonyl (C=O) groups excluding carboxylic acids is 1. The molecule has 2 heterocycles. The minimum atomic E-state index is -0.0713. The summed E-state index contributed by atoms with van der Waals surface area (Å²) >= 11 is 1.56. The second-order valence-electron chi connectivity index (χ2n) is 4.93. The Hall–Kier alpha value is -2.47. The van der Waals surface area contributed by atoms with Crippen LogP contribution in [0.2, 0.25) is 0 Å². The van der Waals surface area contributed by atoms with Gasteiger partial charge in [0.2, 0.25) is 0 Å². The van der Waals surface area contributed by atoms with Crippen molar-refractivity contribution in [3.05, 3.63) is 58.4 Å². The van der Waals surface area contributed by atoms with E-state index in [0.717, 1.165) is 29.1 Å². The van der Waals surface area contributed by atoms with Crippen molar-refractivity contribution < 1.29 is 4.79 Å². The van der Waals surface area contributed by atoms with Crippen LogP contribution < -0.4 is 5.32 Å². The third-order valence-electron chi connectivity index (χ3n) is 3.46. The van der Waals surface area contributed by atoms with Gasteiger partial charge in [0.05, 0.1) is 23.2 Å². The molecule has 1 amide bonds. The zero-order valence-electron chi connectivity index (χ0n) is 12.2. The van der Waals surface area contributed by atoms with Crippen molar-refractivity contribution in [2.75, 3.05) is 6.54 Å². The Morgan fingerprint density at radius 3 is 2.73 bits per heavy atom. The van der Waals surface area contributed by atoms with Gasteiger partial charge in [-0.25, -0.2) is 9.97 Å². The van der Waals surface area contributed by atoms with Crippen molar-refractivity contribution in [1.29, 1.82) is 0 Å². The van der Waals surface area contributed by atoms with Crippen LogP contribution in [0.5, 0.6) is 0 Å². The number of imidazole rings is 1. The Kier molecular flexibility index (Phi) is 4.29. The molecule has 112 valence electrons. The molecule has 0 radical (unpaired) electrons. The van der Waals surface area contributed by atoms with Crippen molar-refractivity contribution in [3.63, 3.8) is 0 Å². The summed E-state index contributed by atoms with van der Waals surface area (Å²) in [6, 6.07) is 7.48. The van der Waals surface area contributed by atoms with Gasteiger partial charge in [0, 0.05) is 35.2 Å². The molecule has 0 unspecified atom stereocenters. The lowest BCUT2D eigenvalue weighted by Crippen LogP contribution is -2.25. The first-order valence-corrected chi connectivity index (χ1v) is 7.94. The lowest BCUT2D eigenvalue weighted by molar-refractivity contribution is 0.0954. The minimum Gasteiger partial charge on any atom is -0.352 e. The van der Waals surface area contributed by atoms with Crippen LogP contribution >= 0.6 is 11.3 Å². The maximum atomic E-state index is 12.1. The molecule has 3 rings (SSSR count). The number of amides is 1. The van der Waals surface area contributed by atoms with E-state index in [9.17, 15) is 4.79 Å². The Labute approximate surface area is 132 Å². The van der Waals surface area contributed by atoms with Crippen LogP contribution in [-0.4, -0.2) is 27.4 Å². The normalized spacial score (nSPS) is 10.6. The highest BCUT2D eigenvalue weighted by molar-refractivity contribution is 7.07. The zero-order valence-corrected chi connectivity index (χ0v) is 13.0. The average molecular weight is 312 g/mol. The number of aromatic nitrogens is 3. The van der Waals surface area contributed by atoms with Crippen molar-refractivity contribution in [2.45, 2.75) is 13.3 Å². The van der Waals surface area contributed by atoms with Crippen molar-refractivity contribution in [3.8, 4) is 11.3 Å². The smallest absolute Gasteiger partial charge is 0.251 e. The fraction of sp³-hybridized carbons (Fsp3) is 0.188. The molecule has 5 nitrogen and oxygen atoms in total. The molecule has 2 aromatic heterocycles. The molecule has 1 aromatic carbocycles. The van der Waals surface area contributed by atoms with Crippen LogP contribution in [0, 0.1) is 6.92 Å². The molecule has 0 fully saturated rings. The first-order valence-electron chi connectivity index (χ1n) is 6.99. The van der Waals surface area contributed by atoms with Gasteiger partial charge >= 0.3 is 0 Å². The molecule has 0 aliphatic rings. The predicted molar refractivity (Wildman–Crippen MR) is 86.9 cm³/mol. The topological polar surface area (TPSA) is 70.7 Å². The molecule has 0 aliphatic carbocycles. The van der Waals surface area contributed by atoms with Crippen LogP contribution in [0.25, 0.3) is 11.3 Å². The number of rotatable bonds is 5. The number of aryl methyl sites for hydroxylation is 1. The van der Waals surface area contributed by atoms with E-state index in [-0.39, 0.29) is 5.91 Å². The summed E-state index contributed by atoms with van der Waals surface area (Å²) in [6.07, 6.45) is 2.39. The summed E-state index contributed by atoms with van der Waals surface area (Å²) in [6.45, 7) is 2.54. The van der Waals surface area contributed by atoms with E-state index < -0.39 is 0 Å².